The van der Waals surface area contributed by atoms with Gasteiger partial charge in [0.2, 0.25) is 5.91 Å². The Kier molecular flexibility index (Phi) is 58.2. The van der Waals surface area contributed by atoms with Crippen molar-refractivity contribution in [3.8, 4) is 0 Å². The molecule has 0 saturated heterocycles. The number of allylic oxidation sites excluding steroid dienone is 8. The van der Waals surface area contributed by atoms with Gasteiger partial charge >= 0.3 is 0 Å². The van der Waals surface area contributed by atoms with E-state index in [2.05, 4.69) is 67.8 Å². The minimum atomic E-state index is -0.657. The summed E-state index contributed by atoms with van der Waals surface area (Å²) in [6.45, 7) is 4.27. The third-order valence-electron chi connectivity index (χ3n) is 14.4. The maximum Gasteiger partial charge on any atom is 0.220 e. The molecule has 4 nitrogen and oxygen atoms in total. The quantitative estimate of drug-likeness (QED) is 0.0420. The third-order valence-corrected chi connectivity index (χ3v) is 14.4. The van der Waals surface area contributed by atoms with E-state index < -0.39 is 12.1 Å². The summed E-state index contributed by atoms with van der Waals surface area (Å²) in [5.41, 5.74) is 0. The summed E-state index contributed by atoms with van der Waals surface area (Å²) >= 11 is 0. The molecule has 2 atom stereocenters. The first-order valence-corrected chi connectivity index (χ1v) is 30.8. The van der Waals surface area contributed by atoms with E-state index in [4.69, 9.17) is 0 Å². The lowest BCUT2D eigenvalue weighted by Crippen LogP contribution is -2.45. The van der Waals surface area contributed by atoms with Crippen LogP contribution >= 0.6 is 0 Å². The third kappa shape index (κ3) is 55.3. The average molecular weight is 953 g/mol. The van der Waals surface area contributed by atoms with Gasteiger partial charge in [-0.15, -0.1) is 0 Å². The topological polar surface area (TPSA) is 69.6 Å². The van der Waals surface area contributed by atoms with Crippen molar-refractivity contribution >= 4 is 5.91 Å². The van der Waals surface area contributed by atoms with Crippen molar-refractivity contribution in [2.45, 2.75) is 347 Å². The first-order chi connectivity index (χ1) is 33.7. The van der Waals surface area contributed by atoms with E-state index in [1.807, 2.05) is 0 Å². The summed E-state index contributed by atoms with van der Waals surface area (Å²) in [7, 11) is 0. The molecule has 0 fully saturated rings. The van der Waals surface area contributed by atoms with Crippen molar-refractivity contribution in [2.75, 3.05) is 6.61 Å². The van der Waals surface area contributed by atoms with Gasteiger partial charge in [0.25, 0.3) is 0 Å². The highest BCUT2D eigenvalue weighted by atomic mass is 16.3. The molecule has 0 heterocycles. The van der Waals surface area contributed by atoms with Crippen LogP contribution < -0.4 is 5.32 Å². The second-order valence-corrected chi connectivity index (χ2v) is 21.1. The minimum absolute atomic E-state index is 0.0249. The van der Waals surface area contributed by atoms with E-state index in [1.54, 1.807) is 0 Å². The number of aliphatic hydroxyl groups excluding tert-OH is 2. The Morgan fingerprint density at radius 1 is 0.368 bits per heavy atom. The minimum Gasteiger partial charge on any atom is -0.394 e. The second-order valence-electron chi connectivity index (χ2n) is 21.1. The summed E-state index contributed by atoms with van der Waals surface area (Å²) in [5.74, 6) is -0.0249. The van der Waals surface area contributed by atoms with Crippen LogP contribution in [0.5, 0.6) is 0 Å². The Balaban J connectivity index is 3.35. The fourth-order valence-corrected chi connectivity index (χ4v) is 9.71. The van der Waals surface area contributed by atoms with E-state index in [0.29, 0.717) is 12.8 Å². The highest BCUT2D eigenvalue weighted by Crippen LogP contribution is 2.18. The lowest BCUT2D eigenvalue weighted by Gasteiger charge is -2.22. The Morgan fingerprint density at radius 3 is 0.971 bits per heavy atom. The molecule has 0 saturated carbocycles. The van der Waals surface area contributed by atoms with Gasteiger partial charge < -0.3 is 15.5 Å². The van der Waals surface area contributed by atoms with Gasteiger partial charge in [-0.05, 0) is 51.4 Å². The first kappa shape index (κ1) is 66.3. The van der Waals surface area contributed by atoms with Gasteiger partial charge in [-0.1, -0.05) is 326 Å². The first-order valence-electron chi connectivity index (χ1n) is 30.8. The van der Waals surface area contributed by atoms with E-state index in [-0.39, 0.29) is 12.5 Å². The molecule has 0 aromatic carbocycles. The van der Waals surface area contributed by atoms with Crippen LogP contribution in [0.25, 0.3) is 0 Å². The number of rotatable bonds is 57. The molecular weight excluding hydrogens is 831 g/mol. The number of aliphatic hydroxyl groups is 2. The Labute approximate surface area is 426 Å². The van der Waals surface area contributed by atoms with Crippen molar-refractivity contribution in [3.63, 3.8) is 0 Å². The lowest BCUT2D eigenvalue weighted by molar-refractivity contribution is -0.123. The van der Waals surface area contributed by atoms with Gasteiger partial charge in [0, 0.05) is 6.42 Å². The summed E-state index contributed by atoms with van der Waals surface area (Å²) in [6.07, 6.45) is 82.8. The predicted molar refractivity (Wildman–Crippen MR) is 304 cm³/mol. The molecule has 1 amide bonds. The van der Waals surface area contributed by atoms with Crippen molar-refractivity contribution < 1.29 is 15.0 Å². The number of carbonyl (C=O) groups is 1. The van der Waals surface area contributed by atoms with Crippen molar-refractivity contribution in [1.82, 2.24) is 5.32 Å². The van der Waals surface area contributed by atoms with E-state index in [1.165, 1.54) is 257 Å². The monoisotopic (exact) mass is 952 g/mol. The number of carbonyl (C=O) groups excluding carboxylic acids is 1. The summed E-state index contributed by atoms with van der Waals surface area (Å²) < 4.78 is 0. The molecule has 0 bridgehead atoms. The Morgan fingerprint density at radius 2 is 0.647 bits per heavy atom. The molecule has 4 heteroatoms. The summed E-state index contributed by atoms with van der Waals surface area (Å²) in [4.78, 5) is 12.5. The van der Waals surface area contributed by atoms with E-state index in [0.717, 1.165) is 51.4 Å². The van der Waals surface area contributed by atoms with E-state index in [9.17, 15) is 15.0 Å². The molecule has 0 aliphatic carbocycles. The lowest BCUT2D eigenvalue weighted by atomic mass is 10.0. The molecule has 0 spiro atoms. The van der Waals surface area contributed by atoms with E-state index >= 15 is 0 Å². The highest BCUT2D eigenvalue weighted by molar-refractivity contribution is 5.76. The summed E-state index contributed by atoms with van der Waals surface area (Å²) in [5, 5.41) is 23.3. The normalized spacial score (nSPS) is 13.1. The van der Waals surface area contributed by atoms with Crippen molar-refractivity contribution in [1.29, 1.82) is 0 Å². The number of unbranched alkanes of at least 4 members (excludes halogenated alkanes) is 42. The van der Waals surface area contributed by atoms with Crippen LogP contribution in [-0.4, -0.2) is 34.9 Å². The number of nitrogens with one attached hydrogen (secondary N) is 1. The SMILES string of the molecule is CC/C=C\C/C=C\C/C=C\C/C=C\CCCCCCCCCCCCCCCCCCCCCCCCCCCCCCC(=O)NC(CO)C(O)CCCCCCCCCCCCCCCCC. The van der Waals surface area contributed by atoms with Gasteiger partial charge in [-0.25, -0.2) is 0 Å². The smallest absolute Gasteiger partial charge is 0.220 e. The van der Waals surface area contributed by atoms with Gasteiger partial charge in [-0.3, -0.25) is 4.79 Å². The van der Waals surface area contributed by atoms with Crippen molar-refractivity contribution in [3.05, 3.63) is 48.6 Å². The second kappa shape index (κ2) is 59.7. The van der Waals surface area contributed by atoms with Gasteiger partial charge in [0.1, 0.15) is 0 Å². The molecule has 0 radical (unpaired) electrons. The van der Waals surface area contributed by atoms with Crippen LogP contribution in [0, 0.1) is 0 Å². The molecule has 400 valence electrons. The maximum absolute atomic E-state index is 12.5. The molecule has 0 aliphatic rings. The predicted octanol–water partition coefficient (Wildman–Crippen LogP) is 20.6. The highest BCUT2D eigenvalue weighted by Gasteiger charge is 2.20. The van der Waals surface area contributed by atoms with Gasteiger partial charge in [-0.2, -0.15) is 0 Å². The zero-order valence-corrected chi connectivity index (χ0v) is 46.1. The largest absolute Gasteiger partial charge is 0.394 e. The van der Waals surface area contributed by atoms with Crippen LogP contribution in [-0.2, 0) is 4.79 Å². The van der Waals surface area contributed by atoms with Crippen LogP contribution in [0.15, 0.2) is 48.6 Å². The van der Waals surface area contributed by atoms with Crippen LogP contribution in [0.2, 0.25) is 0 Å². The molecule has 3 N–H and O–H groups in total. The molecule has 0 aliphatic heterocycles. The number of hydrogen-bond acceptors (Lipinski definition) is 3. The molecular formula is C64H121NO3. The van der Waals surface area contributed by atoms with Gasteiger partial charge in [0.05, 0.1) is 18.8 Å². The number of hydrogen-bond donors (Lipinski definition) is 3. The molecule has 0 aromatic heterocycles. The fraction of sp³-hybridized carbons (Fsp3) is 0.859. The fourth-order valence-electron chi connectivity index (χ4n) is 9.71. The van der Waals surface area contributed by atoms with Crippen LogP contribution in [0.4, 0.5) is 0 Å². The molecule has 2 unspecified atom stereocenters. The zero-order valence-electron chi connectivity index (χ0n) is 46.1. The molecule has 68 heavy (non-hydrogen) atoms. The zero-order chi connectivity index (χ0) is 49.2. The Hall–Kier alpha value is -1.65. The van der Waals surface area contributed by atoms with Crippen LogP contribution in [0.3, 0.4) is 0 Å². The standard InChI is InChI=1S/C64H121NO3/c1-3-5-7-9-11-13-15-17-19-20-21-22-23-24-25-26-27-28-29-30-31-32-33-34-35-36-37-38-39-40-41-42-43-44-46-48-50-52-54-56-58-60-64(68)65-62(61-66)63(67)59-57-55-53-51-49-47-45-18-16-14-12-10-8-6-4-2/h5,7,11,13,17,19,21-22,62-63,66-67H,3-4,6,8-10,12,14-16,18,20,23-61H2,1-2H3,(H,65,68)/b7-5-,13-11-,19-17-,22-21-. The average Bonchev–Trinajstić information content (AvgIpc) is 3.34. The van der Waals surface area contributed by atoms with Crippen LogP contribution in [0.1, 0.15) is 335 Å². The van der Waals surface area contributed by atoms with Crippen molar-refractivity contribution in [2.24, 2.45) is 0 Å². The Bertz CT molecular complexity index is 1080. The molecule has 0 aromatic rings. The van der Waals surface area contributed by atoms with Gasteiger partial charge in [0.15, 0.2) is 0 Å². The molecule has 0 rings (SSSR count). The summed E-state index contributed by atoms with van der Waals surface area (Å²) in [6, 6.07) is -0.534. The maximum atomic E-state index is 12.5. The number of amides is 1.